The molecule has 5 heteroatoms. The lowest BCUT2D eigenvalue weighted by atomic mass is 9.99. The molecule has 1 aromatic carbocycles. The highest BCUT2D eigenvalue weighted by Gasteiger charge is 2.15. The average molecular weight is 340 g/mol. The second-order valence-electron chi connectivity index (χ2n) is 7.03. The minimum atomic E-state index is 0.0693. The third-order valence-electron chi connectivity index (χ3n) is 4.87. The maximum absolute atomic E-state index is 12.1. The lowest BCUT2D eigenvalue weighted by molar-refractivity contribution is -0.120. The van der Waals surface area contributed by atoms with Gasteiger partial charge in [0.1, 0.15) is 0 Å². The number of aromatic nitrogens is 2. The van der Waals surface area contributed by atoms with Gasteiger partial charge < -0.3 is 10.2 Å². The quantitative estimate of drug-likeness (QED) is 0.789. The summed E-state index contributed by atoms with van der Waals surface area (Å²) in [6.45, 7) is 6.57. The van der Waals surface area contributed by atoms with Crippen LogP contribution in [-0.4, -0.2) is 46.8 Å². The topological polar surface area (TPSA) is 50.2 Å². The minimum Gasteiger partial charge on any atom is -0.356 e. The number of hydrogen-bond acceptors (Lipinski definition) is 3. The van der Waals surface area contributed by atoms with E-state index < -0.39 is 0 Å². The fraction of sp³-hybridized carbons (Fsp3) is 0.500. The molecule has 0 spiro atoms. The first-order valence-electron chi connectivity index (χ1n) is 9.29. The van der Waals surface area contributed by atoms with Gasteiger partial charge in [-0.05, 0) is 62.5 Å². The summed E-state index contributed by atoms with van der Waals surface area (Å²) in [5.74, 6) is 0.938. The first-order chi connectivity index (χ1) is 12.2. The second kappa shape index (κ2) is 8.81. The zero-order valence-corrected chi connectivity index (χ0v) is 15.0. The Kier molecular flexibility index (Phi) is 6.23. The number of rotatable bonds is 7. The van der Waals surface area contributed by atoms with E-state index >= 15 is 0 Å². The van der Waals surface area contributed by atoms with Gasteiger partial charge in [-0.3, -0.25) is 4.79 Å². The Morgan fingerprint density at radius 3 is 2.76 bits per heavy atom. The Labute approximate surface area is 150 Å². The summed E-state index contributed by atoms with van der Waals surface area (Å²) in [5, 5.41) is 7.36. The molecule has 134 valence electrons. The molecule has 0 bridgehead atoms. The van der Waals surface area contributed by atoms with Crippen LogP contribution in [0.2, 0.25) is 0 Å². The predicted octanol–water partition coefficient (Wildman–Crippen LogP) is 2.65. The molecule has 0 radical (unpaired) electrons. The third kappa shape index (κ3) is 5.43. The lowest BCUT2D eigenvalue weighted by Crippen LogP contribution is -2.35. The SMILES string of the molecule is CC1CCN(CCCNC(=O)Cc2cnn(-c3ccccc3)c2)CC1. The van der Waals surface area contributed by atoms with Gasteiger partial charge in [0.2, 0.25) is 5.91 Å². The van der Waals surface area contributed by atoms with Crippen LogP contribution < -0.4 is 5.32 Å². The van der Waals surface area contributed by atoms with E-state index in [1.54, 1.807) is 10.9 Å². The van der Waals surface area contributed by atoms with Crippen molar-refractivity contribution in [2.45, 2.75) is 32.6 Å². The van der Waals surface area contributed by atoms with Crippen molar-refractivity contribution in [2.75, 3.05) is 26.2 Å². The van der Waals surface area contributed by atoms with Crippen LogP contribution in [0.15, 0.2) is 42.7 Å². The minimum absolute atomic E-state index is 0.0693. The molecule has 25 heavy (non-hydrogen) atoms. The lowest BCUT2D eigenvalue weighted by Gasteiger charge is -2.30. The van der Waals surface area contributed by atoms with Crippen LogP contribution >= 0.6 is 0 Å². The molecule has 2 aromatic rings. The zero-order chi connectivity index (χ0) is 17.5. The molecule has 0 unspecified atom stereocenters. The number of nitrogens with zero attached hydrogens (tertiary/aromatic N) is 3. The number of hydrogen-bond donors (Lipinski definition) is 1. The molecule has 0 aliphatic carbocycles. The predicted molar refractivity (Wildman–Crippen MR) is 99.7 cm³/mol. The van der Waals surface area contributed by atoms with Gasteiger partial charge in [-0.15, -0.1) is 0 Å². The number of nitrogens with one attached hydrogen (secondary N) is 1. The van der Waals surface area contributed by atoms with Crippen LogP contribution in [0.4, 0.5) is 0 Å². The molecule has 1 fully saturated rings. The van der Waals surface area contributed by atoms with Crippen molar-refractivity contribution in [2.24, 2.45) is 5.92 Å². The molecule has 2 heterocycles. The highest BCUT2D eigenvalue weighted by atomic mass is 16.1. The van der Waals surface area contributed by atoms with E-state index in [4.69, 9.17) is 0 Å². The Hall–Kier alpha value is -2.14. The van der Waals surface area contributed by atoms with Crippen LogP contribution in [0.1, 0.15) is 31.7 Å². The van der Waals surface area contributed by atoms with Gasteiger partial charge in [0.25, 0.3) is 0 Å². The molecule has 0 atom stereocenters. The monoisotopic (exact) mass is 340 g/mol. The van der Waals surface area contributed by atoms with Crippen LogP contribution in [0, 0.1) is 5.92 Å². The van der Waals surface area contributed by atoms with Crippen LogP contribution in [0.25, 0.3) is 5.69 Å². The number of benzene rings is 1. The Balaban J connectivity index is 1.36. The number of piperidine rings is 1. The molecule has 1 aliphatic heterocycles. The maximum atomic E-state index is 12.1. The van der Waals surface area contributed by atoms with Gasteiger partial charge in [0.05, 0.1) is 18.3 Å². The molecule has 1 amide bonds. The Bertz CT molecular complexity index is 659. The maximum Gasteiger partial charge on any atom is 0.224 e. The van der Waals surface area contributed by atoms with Crippen molar-refractivity contribution >= 4 is 5.91 Å². The van der Waals surface area contributed by atoms with Crippen molar-refractivity contribution in [1.82, 2.24) is 20.0 Å². The molecule has 0 saturated carbocycles. The number of likely N-dealkylation sites (tertiary alicyclic amines) is 1. The van der Waals surface area contributed by atoms with E-state index in [1.807, 2.05) is 36.5 Å². The summed E-state index contributed by atoms with van der Waals surface area (Å²) < 4.78 is 1.81. The van der Waals surface area contributed by atoms with Crippen molar-refractivity contribution < 1.29 is 4.79 Å². The van der Waals surface area contributed by atoms with E-state index in [1.165, 1.54) is 25.9 Å². The van der Waals surface area contributed by atoms with Gasteiger partial charge in [-0.25, -0.2) is 4.68 Å². The second-order valence-corrected chi connectivity index (χ2v) is 7.03. The molecular formula is C20H28N4O. The normalized spacial score (nSPS) is 16.0. The highest BCUT2D eigenvalue weighted by molar-refractivity contribution is 5.78. The van der Waals surface area contributed by atoms with Gasteiger partial charge in [-0.1, -0.05) is 25.1 Å². The largest absolute Gasteiger partial charge is 0.356 e. The summed E-state index contributed by atoms with van der Waals surface area (Å²) in [7, 11) is 0. The molecular weight excluding hydrogens is 312 g/mol. The summed E-state index contributed by atoms with van der Waals surface area (Å²) in [6.07, 6.45) is 7.69. The highest BCUT2D eigenvalue weighted by Crippen LogP contribution is 2.15. The zero-order valence-electron chi connectivity index (χ0n) is 15.0. The molecule has 1 aliphatic rings. The van der Waals surface area contributed by atoms with E-state index in [2.05, 4.69) is 22.2 Å². The summed E-state index contributed by atoms with van der Waals surface area (Å²) in [6, 6.07) is 9.93. The molecule has 1 saturated heterocycles. The van der Waals surface area contributed by atoms with Crippen molar-refractivity contribution in [3.8, 4) is 5.69 Å². The number of para-hydroxylation sites is 1. The van der Waals surface area contributed by atoms with Gasteiger partial charge in [-0.2, -0.15) is 5.10 Å². The van der Waals surface area contributed by atoms with Gasteiger partial charge in [0.15, 0.2) is 0 Å². The third-order valence-corrected chi connectivity index (χ3v) is 4.87. The van der Waals surface area contributed by atoms with Gasteiger partial charge >= 0.3 is 0 Å². The van der Waals surface area contributed by atoms with Crippen molar-refractivity contribution in [3.05, 3.63) is 48.3 Å². The van der Waals surface area contributed by atoms with Crippen molar-refractivity contribution in [1.29, 1.82) is 0 Å². The first kappa shape index (κ1) is 17.7. The van der Waals surface area contributed by atoms with Crippen LogP contribution in [0.5, 0.6) is 0 Å². The summed E-state index contributed by atoms with van der Waals surface area (Å²) in [4.78, 5) is 14.6. The smallest absolute Gasteiger partial charge is 0.224 e. The Morgan fingerprint density at radius 1 is 1.24 bits per heavy atom. The first-order valence-corrected chi connectivity index (χ1v) is 9.29. The van der Waals surface area contributed by atoms with Crippen LogP contribution in [-0.2, 0) is 11.2 Å². The number of carbonyl (C=O) groups excluding carboxylic acids is 1. The van der Waals surface area contributed by atoms with E-state index in [0.717, 1.165) is 36.7 Å². The standard InChI is InChI=1S/C20H28N4O/c1-17-8-12-23(13-9-17)11-5-10-21-20(25)14-18-15-22-24(16-18)19-6-3-2-4-7-19/h2-4,6-7,15-17H,5,8-14H2,1H3,(H,21,25). The molecule has 3 rings (SSSR count). The van der Waals surface area contributed by atoms with Crippen LogP contribution in [0.3, 0.4) is 0 Å². The fourth-order valence-electron chi connectivity index (χ4n) is 3.24. The number of carbonyl (C=O) groups is 1. The van der Waals surface area contributed by atoms with Crippen molar-refractivity contribution in [3.63, 3.8) is 0 Å². The van der Waals surface area contributed by atoms with E-state index in [9.17, 15) is 4.79 Å². The summed E-state index contributed by atoms with van der Waals surface area (Å²) >= 11 is 0. The van der Waals surface area contributed by atoms with Gasteiger partial charge in [0, 0.05) is 12.7 Å². The Morgan fingerprint density at radius 2 is 2.00 bits per heavy atom. The number of amides is 1. The summed E-state index contributed by atoms with van der Waals surface area (Å²) in [5.41, 5.74) is 1.94. The fourth-order valence-corrected chi connectivity index (χ4v) is 3.24. The molecule has 5 nitrogen and oxygen atoms in total. The molecule has 1 aromatic heterocycles. The van der Waals surface area contributed by atoms with E-state index in [0.29, 0.717) is 6.42 Å². The van der Waals surface area contributed by atoms with E-state index in [-0.39, 0.29) is 5.91 Å². The molecule has 1 N–H and O–H groups in total. The average Bonchev–Trinajstić information content (AvgIpc) is 3.09.